The second-order valence-electron chi connectivity index (χ2n) is 6.13. The molecule has 2 heterocycles. The van der Waals surface area contributed by atoms with Crippen molar-refractivity contribution < 1.29 is 18.0 Å². The second-order valence-corrected chi connectivity index (χ2v) is 6.13. The van der Waals surface area contributed by atoms with Crippen LogP contribution in [0.15, 0.2) is 43.0 Å². The molecule has 0 atom stereocenters. The number of amides is 2. The van der Waals surface area contributed by atoms with Gasteiger partial charge in [-0.05, 0) is 24.3 Å². The highest BCUT2D eigenvalue weighted by Crippen LogP contribution is 2.29. The van der Waals surface area contributed by atoms with Gasteiger partial charge in [-0.3, -0.25) is 4.90 Å². The van der Waals surface area contributed by atoms with Gasteiger partial charge in [-0.25, -0.2) is 9.78 Å². The number of urea groups is 1. The normalized spacial score (nSPS) is 15.9. The van der Waals surface area contributed by atoms with Crippen molar-refractivity contribution in [3.05, 3.63) is 48.5 Å². The average molecular weight is 367 g/mol. The minimum absolute atomic E-state index is 0.293. The number of anilines is 1. The molecule has 1 aliphatic rings. The van der Waals surface area contributed by atoms with Crippen molar-refractivity contribution in [1.82, 2.24) is 19.4 Å². The third kappa shape index (κ3) is 4.75. The van der Waals surface area contributed by atoms with Crippen molar-refractivity contribution >= 4 is 11.7 Å². The van der Waals surface area contributed by atoms with Gasteiger partial charge in [-0.1, -0.05) is 0 Å². The maximum Gasteiger partial charge on any atom is 0.416 e. The molecule has 1 N–H and O–H groups in total. The van der Waals surface area contributed by atoms with E-state index in [0.29, 0.717) is 18.8 Å². The number of halogens is 3. The quantitative estimate of drug-likeness (QED) is 0.904. The lowest BCUT2D eigenvalue weighted by molar-refractivity contribution is -0.137. The van der Waals surface area contributed by atoms with Crippen LogP contribution in [0.1, 0.15) is 5.56 Å². The van der Waals surface area contributed by atoms with Crippen LogP contribution in [0, 0.1) is 0 Å². The van der Waals surface area contributed by atoms with Crippen LogP contribution in [0.2, 0.25) is 0 Å². The second kappa shape index (κ2) is 7.77. The van der Waals surface area contributed by atoms with E-state index >= 15 is 0 Å². The lowest BCUT2D eigenvalue weighted by Gasteiger charge is -2.34. The van der Waals surface area contributed by atoms with E-state index in [0.717, 1.165) is 38.3 Å². The summed E-state index contributed by atoms with van der Waals surface area (Å²) in [5.41, 5.74) is -0.382. The SMILES string of the molecule is O=C(Nc1ccc(C(F)(F)F)cc1)N1CCN(CCn2ccnc2)CC1. The molecule has 0 bridgehead atoms. The molecule has 1 aromatic carbocycles. The Morgan fingerprint density at radius 2 is 1.77 bits per heavy atom. The highest BCUT2D eigenvalue weighted by atomic mass is 19.4. The Morgan fingerprint density at radius 1 is 1.08 bits per heavy atom. The maximum absolute atomic E-state index is 12.6. The van der Waals surface area contributed by atoms with Gasteiger partial charge in [-0.2, -0.15) is 13.2 Å². The van der Waals surface area contributed by atoms with E-state index in [1.165, 1.54) is 12.1 Å². The monoisotopic (exact) mass is 367 g/mol. The van der Waals surface area contributed by atoms with Crippen LogP contribution in [0.4, 0.5) is 23.7 Å². The molecular formula is C17H20F3N5O. The molecule has 0 spiro atoms. The summed E-state index contributed by atoms with van der Waals surface area (Å²) in [6.07, 6.45) is 1.04. The van der Waals surface area contributed by atoms with Crippen LogP contribution in [0.5, 0.6) is 0 Å². The Morgan fingerprint density at radius 3 is 2.35 bits per heavy atom. The fourth-order valence-electron chi connectivity index (χ4n) is 2.80. The first kappa shape index (κ1) is 18.2. The van der Waals surface area contributed by atoms with Crippen LogP contribution in [0.25, 0.3) is 0 Å². The van der Waals surface area contributed by atoms with Gasteiger partial charge in [0.05, 0.1) is 11.9 Å². The van der Waals surface area contributed by atoms with Gasteiger partial charge in [0.1, 0.15) is 0 Å². The lowest BCUT2D eigenvalue weighted by atomic mass is 10.2. The van der Waals surface area contributed by atoms with Crippen LogP contribution in [-0.2, 0) is 12.7 Å². The van der Waals surface area contributed by atoms with Gasteiger partial charge in [0.15, 0.2) is 0 Å². The lowest BCUT2D eigenvalue weighted by Crippen LogP contribution is -2.50. The third-order valence-electron chi connectivity index (χ3n) is 4.36. The van der Waals surface area contributed by atoms with E-state index in [1.54, 1.807) is 17.4 Å². The minimum atomic E-state index is -4.38. The van der Waals surface area contributed by atoms with Crippen molar-refractivity contribution in [3.63, 3.8) is 0 Å². The topological polar surface area (TPSA) is 53.4 Å². The van der Waals surface area contributed by atoms with Crippen LogP contribution >= 0.6 is 0 Å². The molecule has 0 radical (unpaired) electrons. The number of nitrogens with one attached hydrogen (secondary N) is 1. The summed E-state index contributed by atoms with van der Waals surface area (Å²) >= 11 is 0. The molecule has 6 nitrogen and oxygen atoms in total. The number of piperazine rings is 1. The summed E-state index contributed by atoms with van der Waals surface area (Å²) in [5.74, 6) is 0. The van der Waals surface area contributed by atoms with Crippen molar-refractivity contribution in [2.45, 2.75) is 12.7 Å². The third-order valence-corrected chi connectivity index (χ3v) is 4.36. The van der Waals surface area contributed by atoms with Gasteiger partial charge in [0.25, 0.3) is 0 Å². The van der Waals surface area contributed by atoms with Crippen molar-refractivity contribution in [3.8, 4) is 0 Å². The number of nitrogens with zero attached hydrogens (tertiary/aromatic N) is 4. The van der Waals surface area contributed by atoms with E-state index in [9.17, 15) is 18.0 Å². The molecule has 1 aliphatic heterocycles. The number of hydrogen-bond acceptors (Lipinski definition) is 3. The molecule has 1 fully saturated rings. The van der Waals surface area contributed by atoms with Gasteiger partial charge >= 0.3 is 12.2 Å². The van der Waals surface area contributed by atoms with Crippen LogP contribution < -0.4 is 5.32 Å². The summed E-state index contributed by atoms with van der Waals surface area (Å²) in [6.45, 7) is 4.40. The molecule has 2 amide bonds. The largest absolute Gasteiger partial charge is 0.416 e. The summed E-state index contributed by atoms with van der Waals surface area (Å²) in [7, 11) is 0. The number of carbonyl (C=O) groups excluding carboxylic acids is 1. The Labute approximate surface area is 149 Å². The number of carbonyl (C=O) groups is 1. The molecule has 26 heavy (non-hydrogen) atoms. The molecule has 0 aliphatic carbocycles. The van der Waals surface area contributed by atoms with Crippen molar-refractivity contribution in [2.75, 3.05) is 38.0 Å². The summed E-state index contributed by atoms with van der Waals surface area (Å²) < 4.78 is 39.7. The van der Waals surface area contributed by atoms with E-state index in [4.69, 9.17) is 0 Å². The first-order valence-electron chi connectivity index (χ1n) is 8.33. The molecule has 140 valence electrons. The molecule has 3 rings (SSSR count). The molecule has 0 unspecified atom stereocenters. The number of rotatable bonds is 4. The van der Waals surface area contributed by atoms with E-state index in [2.05, 4.69) is 15.2 Å². The summed E-state index contributed by atoms with van der Waals surface area (Å²) in [6, 6.07) is 4.16. The summed E-state index contributed by atoms with van der Waals surface area (Å²) in [4.78, 5) is 20.2. The zero-order valence-electron chi connectivity index (χ0n) is 14.1. The van der Waals surface area contributed by atoms with E-state index < -0.39 is 11.7 Å². The Hall–Kier alpha value is -2.55. The van der Waals surface area contributed by atoms with Gasteiger partial charge in [0, 0.05) is 57.3 Å². The summed E-state index contributed by atoms with van der Waals surface area (Å²) in [5, 5.41) is 2.65. The van der Waals surface area contributed by atoms with E-state index in [1.807, 2.05) is 10.8 Å². The number of benzene rings is 1. The average Bonchev–Trinajstić information content (AvgIpc) is 3.13. The van der Waals surface area contributed by atoms with Gasteiger partial charge in [0.2, 0.25) is 0 Å². The molecule has 1 saturated heterocycles. The maximum atomic E-state index is 12.6. The van der Waals surface area contributed by atoms with Crippen LogP contribution in [0.3, 0.4) is 0 Å². The minimum Gasteiger partial charge on any atom is -0.336 e. The van der Waals surface area contributed by atoms with Gasteiger partial charge in [-0.15, -0.1) is 0 Å². The number of alkyl halides is 3. The van der Waals surface area contributed by atoms with Crippen molar-refractivity contribution in [1.29, 1.82) is 0 Å². The first-order valence-corrected chi connectivity index (χ1v) is 8.33. The Balaban J connectivity index is 1.44. The predicted molar refractivity (Wildman–Crippen MR) is 90.7 cm³/mol. The van der Waals surface area contributed by atoms with Crippen LogP contribution in [-0.4, -0.2) is 58.1 Å². The molecule has 2 aromatic rings. The smallest absolute Gasteiger partial charge is 0.336 e. The zero-order valence-corrected chi connectivity index (χ0v) is 14.1. The zero-order chi connectivity index (χ0) is 18.6. The fraction of sp³-hybridized carbons (Fsp3) is 0.412. The number of imidazole rings is 1. The van der Waals surface area contributed by atoms with Gasteiger partial charge < -0.3 is 14.8 Å². The molecular weight excluding hydrogens is 347 g/mol. The number of hydrogen-bond donors (Lipinski definition) is 1. The molecule has 1 aromatic heterocycles. The molecule has 9 heteroatoms. The standard InChI is InChI=1S/C17H20F3N5O/c18-17(19,20)14-1-3-15(4-2-14)22-16(26)25-11-9-23(10-12-25)7-8-24-6-5-21-13-24/h1-6,13H,7-12H2,(H,22,26). The highest BCUT2D eigenvalue weighted by Gasteiger charge is 2.30. The van der Waals surface area contributed by atoms with E-state index in [-0.39, 0.29) is 6.03 Å². The van der Waals surface area contributed by atoms with Crippen molar-refractivity contribution in [2.24, 2.45) is 0 Å². The molecule has 0 saturated carbocycles. The Kier molecular flexibility index (Phi) is 5.46. The first-order chi connectivity index (χ1) is 12.4. The highest BCUT2D eigenvalue weighted by molar-refractivity contribution is 5.89. The predicted octanol–water partition coefficient (Wildman–Crippen LogP) is 2.75. The number of aromatic nitrogens is 2. The fourth-order valence-corrected chi connectivity index (χ4v) is 2.80. The Bertz CT molecular complexity index is 707.